The SMILES string of the molecule is c1ccc2cc(-c3cccc4c(-c5c6cccc(-c7cccc8c9cccc%10c%11ccccc%11n(c78)c%109)c6cc6c(-c7cccc8c9cccc%10c%11ccccc%11n(c78)c%109)cccc56)c5cccc(-c6ccc7ccccc7c6)c5cc34)ccc2c1. The number of rotatable bonds is 5. The zero-order chi connectivity index (χ0) is 55.9. The third-order valence-electron chi connectivity index (χ3n) is 19.5. The molecule has 0 N–H and O–H groups in total. The number of fused-ring (bicyclic) bond motifs is 18. The molecule has 0 aliphatic heterocycles. The Balaban J connectivity index is 0.972. The van der Waals surface area contributed by atoms with Crippen LogP contribution in [0.3, 0.4) is 0 Å². The maximum absolute atomic E-state index is 2.56. The van der Waals surface area contributed by atoms with E-state index in [1.165, 1.54) is 196 Å². The predicted molar refractivity (Wildman–Crippen MR) is 368 cm³/mol. The molecule has 0 bridgehead atoms. The molecule has 0 unspecified atom stereocenters. The van der Waals surface area contributed by atoms with Crippen LogP contribution in [0, 0.1) is 0 Å². The van der Waals surface area contributed by atoms with E-state index in [1.807, 2.05) is 0 Å². The summed E-state index contributed by atoms with van der Waals surface area (Å²) in [5.74, 6) is 0. The summed E-state index contributed by atoms with van der Waals surface area (Å²) in [5, 5.41) is 24.9. The normalized spacial score (nSPS) is 12.4. The second-order valence-corrected chi connectivity index (χ2v) is 23.7. The van der Waals surface area contributed by atoms with E-state index in [0.29, 0.717) is 0 Å². The van der Waals surface area contributed by atoms with E-state index < -0.39 is 0 Å². The fourth-order valence-electron chi connectivity index (χ4n) is 15.9. The summed E-state index contributed by atoms with van der Waals surface area (Å²) >= 11 is 0. The topological polar surface area (TPSA) is 8.82 Å². The number of para-hydroxylation sites is 6. The fourth-order valence-corrected chi connectivity index (χ4v) is 15.9. The number of hydrogen-bond acceptors (Lipinski definition) is 0. The Hall–Kier alpha value is -11.3. The molecule has 16 aromatic carbocycles. The third kappa shape index (κ3) is 6.14. The van der Waals surface area contributed by atoms with Gasteiger partial charge in [0.25, 0.3) is 0 Å². The van der Waals surface area contributed by atoms with Crippen LogP contribution in [0.15, 0.2) is 291 Å². The quantitative estimate of drug-likeness (QED) is 0.152. The third-order valence-corrected chi connectivity index (χ3v) is 19.5. The van der Waals surface area contributed by atoms with Crippen molar-refractivity contribution in [2.75, 3.05) is 0 Å². The summed E-state index contributed by atoms with van der Waals surface area (Å²) in [4.78, 5) is 0. The van der Waals surface area contributed by atoms with Gasteiger partial charge in [0.2, 0.25) is 0 Å². The molecule has 0 atom stereocenters. The van der Waals surface area contributed by atoms with Gasteiger partial charge in [0, 0.05) is 54.2 Å². The first-order chi connectivity index (χ1) is 42.7. The fraction of sp³-hybridized carbons (Fsp3) is 0. The molecule has 4 heterocycles. The summed E-state index contributed by atoms with van der Waals surface area (Å²) in [5.41, 5.74) is 19.6. The van der Waals surface area contributed by atoms with Gasteiger partial charge < -0.3 is 8.80 Å². The molecule has 0 amide bonds. The molecule has 2 nitrogen and oxygen atoms in total. The molecule has 86 heavy (non-hydrogen) atoms. The molecule has 0 aliphatic carbocycles. The lowest BCUT2D eigenvalue weighted by molar-refractivity contribution is 1.37. The van der Waals surface area contributed by atoms with E-state index in [9.17, 15) is 0 Å². The summed E-state index contributed by atoms with van der Waals surface area (Å²) < 4.78 is 5.12. The van der Waals surface area contributed by atoms with E-state index in [-0.39, 0.29) is 0 Å². The molecule has 2 heteroatoms. The minimum absolute atomic E-state index is 1.20. The standard InChI is InChI=1S/C84H48N2/c1-3-19-51-45-53(43-41-49(51)17-1)55-23-9-27-61-73(55)47-74-56(54-44-42-50-18-2-4-20-52(50)46-54)24-10-28-62(74)79(61)80-63-29-11-25-57(65-31-13-35-69-71-37-15-33-67-59-21-5-7-39-77(59)85(81(65)69)83(67)71)75(63)48-76-58(26-12-30-64(76)80)66-32-14-36-70-72-38-16-34-68-60-22-6-8-40-78(60)86(82(66)70)84(68)72/h1-48H. The van der Waals surface area contributed by atoms with E-state index in [0.717, 1.165) is 0 Å². The molecule has 0 spiro atoms. The molecule has 20 aromatic rings. The lowest BCUT2D eigenvalue weighted by Crippen LogP contribution is -1.95. The first kappa shape index (κ1) is 46.2. The van der Waals surface area contributed by atoms with Crippen LogP contribution in [0.2, 0.25) is 0 Å². The largest absolute Gasteiger partial charge is 0.307 e. The van der Waals surface area contributed by atoms with Crippen LogP contribution in [0.25, 0.3) is 196 Å². The number of hydrogen-bond donors (Lipinski definition) is 0. The van der Waals surface area contributed by atoms with Crippen LogP contribution in [0.4, 0.5) is 0 Å². The lowest BCUT2D eigenvalue weighted by Gasteiger charge is -2.22. The Morgan fingerprint density at radius 1 is 0.163 bits per heavy atom. The van der Waals surface area contributed by atoms with Gasteiger partial charge in [-0.05, 0) is 146 Å². The van der Waals surface area contributed by atoms with Gasteiger partial charge in [0.15, 0.2) is 0 Å². The van der Waals surface area contributed by atoms with E-state index in [4.69, 9.17) is 0 Å². The first-order valence-electron chi connectivity index (χ1n) is 30.0. The van der Waals surface area contributed by atoms with Gasteiger partial charge in [-0.1, -0.05) is 255 Å². The van der Waals surface area contributed by atoms with Crippen molar-refractivity contribution in [2.24, 2.45) is 0 Å². The molecular weight excluding hydrogens is 1040 g/mol. The van der Waals surface area contributed by atoms with Crippen LogP contribution in [0.1, 0.15) is 0 Å². The van der Waals surface area contributed by atoms with Crippen molar-refractivity contribution in [3.8, 4) is 55.6 Å². The van der Waals surface area contributed by atoms with Gasteiger partial charge in [-0.15, -0.1) is 0 Å². The van der Waals surface area contributed by atoms with Crippen molar-refractivity contribution in [3.63, 3.8) is 0 Å². The van der Waals surface area contributed by atoms with Crippen molar-refractivity contribution >= 4 is 141 Å². The predicted octanol–water partition coefficient (Wildman–Crippen LogP) is 23.2. The number of aromatic nitrogens is 2. The summed E-state index contributed by atoms with van der Waals surface area (Å²) in [7, 11) is 0. The average molecular weight is 1090 g/mol. The van der Waals surface area contributed by atoms with Crippen molar-refractivity contribution in [3.05, 3.63) is 291 Å². The first-order valence-corrected chi connectivity index (χ1v) is 30.0. The minimum atomic E-state index is 1.20. The lowest BCUT2D eigenvalue weighted by atomic mass is 9.81. The van der Waals surface area contributed by atoms with Gasteiger partial charge >= 0.3 is 0 Å². The maximum Gasteiger partial charge on any atom is 0.0620 e. The second kappa shape index (κ2) is 17.1. The average Bonchev–Trinajstić information content (AvgIpc) is 1.71. The highest BCUT2D eigenvalue weighted by molar-refractivity contribution is 6.32. The van der Waals surface area contributed by atoms with Crippen LogP contribution in [-0.2, 0) is 0 Å². The Kier molecular flexibility index (Phi) is 9.21. The van der Waals surface area contributed by atoms with Crippen LogP contribution >= 0.6 is 0 Å². The zero-order valence-electron chi connectivity index (χ0n) is 46.6. The van der Waals surface area contributed by atoms with Crippen molar-refractivity contribution in [1.29, 1.82) is 0 Å². The molecule has 4 aromatic heterocycles. The van der Waals surface area contributed by atoms with Crippen LogP contribution in [0.5, 0.6) is 0 Å². The van der Waals surface area contributed by atoms with Gasteiger partial charge in [-0.2, -0.15) is 0 Å². The van der Waals surface area contributed by atoms with E-state index in [2.05, 4.69) is 300 Å². The van der Waals surface area contributed by atoms with Gasteiger partial charge in [-0.25, -0.2) is 0 Å². The molecule has 20 rings (SSSR count). The number of nitrogens with zero attached hydrogens (tertiary/aromatic N) is 2. The summed E-state index contributed by atoms with van der Waals surface area (Å²) in [6, 6.07) is 110. The van der Waals surface area contributed by atoms with Gasteiger partial charge in [0.1, 0.15) is 0 Å². The van der Waals surface area contributed by atoms with Crippen molar-refractivity contribution < 1.29 is 0 Å². The highest BCUT2D eigenvalue weighted by atomic mass is 14.9. The Morgan fingerprint density at radius 3 is 0.872 bits per heavy atom. The van der Waals surface area contributed by atoms with E-state index in [1.54, 1.807) is 0 Å². The summed E-state index contributed by atoms with van der Waals surface area (Å²) in [6.07, 6.45) is 0. The van der Waals surface area contributed by atoms with Crippen molar-refractivity contribution in [1.82, 2.24) is 8.80 Å². The highest BCUT2D eigenvalue weighted by Gasteiger charge is 2.27. The Morgan fingerprint density at radius 2 is 0.453 bits per heavy atom. The molecular formula is C84H48N2. The molecule has 0 saturated carbocycles. The van der Waals surface area contributed by atoms with Crippen LogP contribution in [-0.4, -0.2) is 8.80 Å². The maximum atomic E-state index is 2.56. The highest BCUT2D eigenvalue weighted by Crippen LogP contribution is 2.52. The van der Waals surface area contributed by atoms with Crippen LogP contribution < -0.4 is 0 Å². The molecule has 394 valence electrons. The molecule has 0 radical (unpaired) electrons. The van der Waals surface area contributed by atoms with Crippen molar-refractivity contribution in [2.45, 2.75) is 0 Å². The second-order valence-electron chi connectivity index (χ2n) is 23.7. The van der Waals surface area contributed by atoms with E-state index >= 15 is 0 Å². The van der Waals surface area contributed by atoms with Gasteiger partial charge in [0.05, 0.1) is 33.1 Å². The smallest absolute Gasteiger partial charge is 0.0620 e. The monoisotopic (exact) mass is 1080 g/mol. The Labute approximate surface area is 493 Å². The Bertz CT molecular complexity index is 5950. The zero-order valence-corrected chi connectivity index (χ0v) is 46.6. The summed E-state index contributed by atoms with van der Waals surface area (Å²) in [6.45, 7) is 0. The molecule has 0 fully saturated rings. The minimum Gasteiger partial charge on any atom is -0.307 e. The van der Waals surface area contributed by atoms with Gasteiger partial charge in [-0.3, -0.25) is 0 Å². The molecule has 0 aliphatic rings. The number of benzene rings is 16. The molecule has 0 saturated heterocycles.